The van der Waals surface area contributed by atoms with Gasteiger partial charge in [-0.1, -0.05) is 0 Å². The van der Waals surface area contributed by atoms with Crippen LogP contribution < -0.4 is 5.32 Å². The van der Waals surface area contributed by atoms with Gasteiger partial charge in [-0.05, 0) is 50.3 Å². The van der Waals surface area contributed by atoms with Gasteiger partial charge in [0.15, 0.2) is 0 Å². The molecule has 2 saturated heterocycles. The second-order valence-corrected chi connectivity index (χ2v) is 7.35. The van der Waals surface area contributed by atoms with E-state index in [9.17, 15) is 9.59 Å². The second-order valence-electron chi connectivity index (χ2n) is 7.35. The molecule has 0 unspecified atom stereocenters. The van der Waals surface area contributed by atoms with Crippen LogP contribution in [0, 0.1) is 0 Å². The first-order chi connectivity index (χ1) is 12.0. The molecule has 138 valence electrons. The predicted molar refractivity (Wildman–Crippen MR) is 95.0 cm³/mol. The number of hydrogen-bond donors (Lipinski definition) is 1. The average molecular weight is 347 g/mol. The van der Waals surface area contributed by atoms with Crippen LogP contribution in [0.25, 0.3) is 0 Å². The number of amides is 2. The molecule has 0 bridgehead atoms. The van der Waals surface area contributed by atoms with E-state index >= 15 is 0 Å². The Morgan fingerprint density at radius 1 is 1.16 bits per heavy atom. The summed E-state index contributed by atoms with van der Waals surface area (Å²) >= 11 is 0. The zero-order valence-electron chi connectivity index (χ0n) is 15.3. The molecule has 0 spiro atoms. The largest absolute Gasteiger partial charge is 0.352 e. The van der Waals surface area contributed by atoms with E-state index in [4.69, 9.17) is 0 Å². The molecule has 25 heavy (non-hydrogen) atoms. The first-order valence-electron chi connectivity index (χ1n) is 9.27. The zero-order valence-corrected chi connectivity index (χ0v) is 15.3. The highest BCUT2D eigenvalue weighted by Crippen LogP contribution is 2.27. The monoisotopic (exact) mass is 347 g/mol. The standard InChI is InChI=1S/C18H29N5O2/c1-14(24)23-9-5-17(6-10-23)20-18(25)13-22-7-3-15(4-8-22)16-11-19-21(2)12-16/h11-12,15,17H,3-10,13H2,1-2H3,(H,20,25). The van der Waals surface area contributed by atoms with Gasteiger partial charge in [-0.2, -0.15) is 5.10 Å². The molecule has 2 aliphatic rings. The third kappa shape index (κ3) is 4.81. The molecule has 2 amide bonds. The van der Waals surface area contributed by atoms with Crippen LogP contribution in [0.15, 0.2) is 12.4 Å². The fraction of sp³-hybridized carbons (Fsp3) is 0.722. The number of aryl methyl sites for hydroxylation is 1. The van der Waals surface area contributed by atoms with Crippen LogP contribution in [0.2, 0.25) is 0 Å². The molecule has 0 aliphatic carbocycles. The molecule has 1 aromatic heterocycles. The molecule has 0 atom stereocenters. The summed E-state index contributed by atoms with van der Waals surface area (Å²) in [7, 11) is 1.95. The summed E-state index contributed by atoms with van der Waals surface area (Å²) in [5.74, 6) is 0.797. The first-order valence-corrected chi connectivity index (χ1v) is 9.27. The number of rotatable bonds is 4. The zero-order chi connectivity index (χ0) is 17.8. The minimum atomic E-state index is 0.112. The lowest BCUT2D eigenvalue weighted by atomic mass is 9.91. The van der Waals surface area contributed by atoms with Gasteiger partial charge >= 0.3 is 0 Å². The molecule has 2 fully saturated rings. The van der Waals surface area contributed by atoms with Gasteiger partial charge < -0.3 is 10.2 Å². The number of carbonyl (C=O) groups excluding carboxylic acids is 2. The molecule has 1 aromatic rings. The number of nitrogens with one attached hydrogen (secondary N) is 1. The van der Waals surface area contributed by atoms with Gasteiger partial charge in [0.1, 0.15) is 0 Å². The van der Waals surface area contributed by atoms with Gasteiger partial charge in [0.25, 0.3) is 0 Å². The van der Waals surface area contributed by atoms with E-state index in [1.165, 1.54) is 5.56 Å². The van der Waals surface area contributed by atoms with E-state index in [1.54, 1.807) is 6.92 Å². The van der Waals surface area contributed by atoms with Crippen LogP contribution in [0.1, 0.15) is 44.1 Å². The Kier molecular flexibility index (Phi) is 5.73. The van der Waals surface area contributed by atoms with Crippen molar-refractivity contribution in [3.8, 4) is 0 Å². The van der Waals surface area contributed by atoms with Gasteiger partial charge in [0.2, 0.25) is 11.8 Å². The molecule has 1 N–H and O–H groups in total. The van der Waals surface area contributed by atoms with Crippen LogP contribution in [-0.2, 0) is 16.6 Å². The van der Waals surface area contributed by atoms with Crippen molar-refractivity contribution in [3.05, 3.63) is 18.0 Å². The topological polar surface area (TPSA) is 70.5 Å². The lowest BCUT2D eigenvalue weighted by Crippen LogP contribution is -2.49. The Morgan fingerprint density at radius 3 is 2.40 bits per heavy atom. The van der Waals surface area contributed by atoms with E-state index < -0.39 is 0 Å². The van der Waals surface area contributed by atoms with Gasteiger partial charge in [0, 0.05) is 39.3 Å². The average Bonchev–Trinajstić information content (AvgIpc) is 3.02. The van der Waals surface area contributed by atoms with Crippen molar-refractivity contribution in [1.29, 1.82) is 0 Å². The lowest BCUT2D eigenvalue weighted by Gasteiger charge is -2.33. The van der Waals surface area contributed by atoms with Crippen molar-refractivity contribution in [1.82, 2.24) is 24.9 Å². The molecule has 3 rings (SSSR count). The van der Waals surface area contributed by atoms with Crippen LogP contribution in [0.3, 0.4) is 0 Å². The van der Waals surface area contributed by atoms with E-state index in [0.29, 0.717) is 12.5 Å². The van der Waals surface area contributed by atoms with E-state index in [-0.39, 0.29) is 17.9 Å². The van der Waals surface area contributed by atoms with Crippen molar-refractivity contribution in [2.75, 3.05) is 32.7 Å². The molecule has 7 heteroatoms. The fourth-order valence-electron chi connectivity index (χ4n) is 3.89. The Bertz CT molecular complexity index is 598. The Labute approximate surface area is 149 Å². The summed E-state index contributed by atoms with van der Waals surface area (Å²) in [6.45, 7) is 5.49. The molecule has 3 heterocycles. The van der Waals surface area contributed by atoms with Crippen molar-refractivity contribution in [2.45, 2.75) is 44.6 Å². The Morgan fingerprint density at radius 2 is 1.84 bits per heavy atom. The summed E-state index contributed by atoms with van der Waals surface area (Å²) in [5, 5.41) is 7.39. The fourth-order valence-corrected chi connectivity index (χ4v) is 3.89. The maximum atomic E-state index is 12.3. The van der Waals surface area contributed by atoms with Crippen molar-refractivity contribution < 1.29 is 9.59 Å². The van der Waals surface area contributed by atoms with Gasteiger partial charge in [-0.3, -0.25) is 19.2 Å². The van der Waals surface area contributed by atoms with Gasteiger partial charge in [-0.25, -0.2) is 0 Å². The molecular formula is C18H29N5O2. The summed E-state index contributed by atoms with van der Waals surface area (Å²) in [4.78, 5) is 27.7. The lowest BCUT2D eigenvalue weighted by molar-refractivity contribution is -0.130. The Hall–Kier alpha value is -1.89. The number of aromatic nitrogens is 2. The summed E-state index contributed by atoms with van der Waals surface area (Å²) in [6.07, 6.45) is 7.93. The van der Waals surface area contributed by atoms with Crippen LogP contribution in [0.4, 0.5) is 0 Å². The third-order valence-electron chi connectivity index (χ3n) is 5.46. The van der Waals surface area contributed by atoms with E-state index in [1.807, 2.05) is 22.8 Å². The molecular weight excluding hydrogens is 318 g/mol. The van der Waals surface area contributed by atoms with Crippen LogP contribution in [-0.4, -0.2) is 70.2 Å². The SMILES string of the molecule is CC(=O)N1CCC(NC(=O)CN2CCC(c3cnn(C)c3)CC2)CC1. The number of piperidine rings is 2. The first kappa shape index (κ1) is 17.9. The highest BCUT2D eigenvalue weighted by atomic mass is 16.2. The molecule has 2 aliphatic heterocycles. The van der Waals surface area contributed by atoms with Gasteiger partial charge in [-0.15, -0.1) is 0 Å². The van der Waals surface area contributed by atoms with E-state index in [2.05, 4.69) is 21.5 Å². The third-order valence-corrected chi connectivity index (χ3v) is 5.46. The molecule has 0 saturated carbocycles. The minimum absolute atomic E-state index is 0.112. The molecule has 7 nitrogen and oxygen atoms in total. The highest BCUT2D eigenvalue weighted by Gasteiger charge is 2.25. The quantitative estimate of drug-likeness (QED) is 0.872. The predicted octanol–water partition coefficient (Wildman–Crippen LogP) is 0.727. The summed E-state index contributed by atoms with van der Waals surface area (Å²) < 4.78 is 1.85. The van der Waals surface area contributed by atoms with Crippen LogP contribution >= 0.6 is 0 Å². The van der Waals surface area contributed by atoms with Crippen molar-refractivity contribution >= 4 is 11.8 Å². The van der Waals surface area contributed by atoms with Crippen molar-refractivity contribution in [3.63, 3.8) is 0 Å². The maximum Gasteiger partial charge on any atom is 0.234 e. The number of likely N-dealkylation sites (tertiary alicyclic amines) is 2. The maximum absolute atomic E-state index is 12.3. The molecule has 0 aromatic carbocycles. The van der Waals surface area contributed by atoms with Crippen molar-refractivity contribution in [2.24, 2.45) is 7.05 Å². The summed E-state index contributed by atoms with van der Waals surface area (Å²) in [5.41, 5.74) is 1.31. The number of carbonyl (C=O) groups is 2. The number of hydrogen-bond acceptors (Lipinski definition) is 4. The summed E-state index contributed by atoms with van der Waals surface area (Å²) in [6, 6.07) is 0.205. The number of nitrogens with zero attached hydrogens (tertiary/aromatic N) is 4. The molecule has 0 radical (unpaired) electrons. The normalized spacial score (nSPS) is 20.6. The van der Waals surface area contributed by atoms with Crippen LogP contribution in [0.5, 0.6) is 0 Å². The second kappa shape index (κ2) is 7.99. The highest BCUT2D eigenvalue weighted by molar-refractivity contribution is 5.78. The van der Waals surface area contributed by atoms with E-state index in [0.717, 1.165) is 51.9 Å². The minimum Gasteiger partial charge on any atom is -0.352 e. The van der Waals surface area contributed by atoms with Gasteiger partial charge in [0.05, 0.1) is 12.7 Å². The smallest absolute Gasteiger partial charge is 0.234 e. The Balaban J connectivity index is 1.37.